The van der Waals surface area contributed by atoms with Crippen LogP contribution in [0.1, 0.15) is 32.8 Å². The largest absolute Gasteiger partial charge is 0.383 e. The number of hydrogen-bond donors (Lipinski definition) is 1. The third-order valence-corrected chi connectivity index (χ3v) is 3.51. The molecule has 1 aromatic carbocycles. The number of benzene rings is 1. The van der Waals surface area contributed by atoms with Gasteiger partial charge in [0.25, 0.3) is 0 Å². The number of ether oxygens (including phenoxy) is 1. The van der Waals surface area contributed by atoms with Crippen LogP contribution in [0.2, 0.25) is 0 Å². The van der Waals surface area contributed by atoms with Gasteiger partial charge in [-0.2, -0.15) is 0 Å². The quantitative estimate of drug-likeness (QED) is 0.753. The van der Waals surface area contributed by atoms with Crippen LogP contribution in [0.4, 0.5) is 10.1 Å². The molecule has 0 aliphatic heterocycles. The van der Waals surface area contributed by atoms with Gasteiger partial charge in [0.1, 0.15) is 5.82 Å². The topological polar surface area (TPSA) is 24.5 Å². The summed E-state index contributed by atoms with van der Waals surface area (Å²) >= 11 is 0. The minimum atomic E-state index is -0.180. The van der Waals surface area contributed by atoms with Gasteiger partial charge in [0, 0.05) is 31.9 Å². The lowest BCUT2D eigenvalue weighted by Crippen LogP contribution is -2.35. The number of halogens is 1. The Labute approximate surface area is 122 Å². The zero-order chi connectivity index (χ0) is 15.0. The summed E-state index contributed by atoms with van der Waals surface area (Å²) in [5, 5.41) is 3.23. The van der Waals surface area contributed by atoms with E-state index >= 15 is 0 Å². The molecule has 0 saturated heterocycles. The van der Waals surface area contributed by atoms with Crippen LogP contribution >= 0.6 is 0 Å². The number of nitrogens with zero attached hydrogens (tertiary/aromatic N) is 1. The maximum atomic E-state index is 13.8. The summed E-state index contributed by atoms with van der Waals surface area (Å²) in [5.41, 5.74) is 1.91. The normalized spacial score (nSPS) is 12.4. The number of methoxy groups -OCH3 is 1. The van der Waals surface area contributed by atoms with E-state index in [1.165, 1.54) is 0 Å². The van der Waals surface area contributed by atoms with Gasteiger partial charge in [0.15, 0.2) is 0 Å². The molecule has 0 amide bonds. The minimum absolute atomic E-state index is 0.180. The second-order valence-corrected chi connectivity index (χ2v) is 5.04. The lowest BCUT2D eigenvalue weighted by molar-refractivity contribution is 0.203. The Bertz CT molecular complexity index is 398. The molecule has 1 aromatic rings. The van der Waals surface area contributed by atoms with Gasteiger partial charge in [-0.3, -0.25) is 0 Å². The van der Waals surface area contributed by atoms with Gasteiger partial charge < -0.3 is 15.0 Å². The van der Waals surface area contributed by atoms with Crippen molar-refractivity contribution in [2.75, 3.05) is 31.7 Å². The molecule has 0 fully saturated rings. The van der Waals surface area contributed by atoms with E-state index in [9.17, 15) is 4.39 Å². The SMILES string of the molecule is CCNCc1cc(F)cc(N(CCOC)C(C)CC)c1. The molecule has 114 valence electrons. The third-order valence-electron chi connectivity index (χ3n) is 3.51. The molecule has 20 heavy (non-hydrogen) atoms. The molecule has 3 nitrogen and oxygen atoms in total. The second kappa shape index (κ2) is 8.93. The first kappa shape index (κ1) is 16.9. The van der Waals surface area contributed by atoms with Crippen LogP contribution in [0.5, 0.6) is 0 Å². The van der Waals surface area contributed by atoms with Crippen molar-refractivity contribution in [2.45, 2.75) is 39.8 Å². The lowest BCUT2D eigenvalue weighted by atomic mass is 10.1. The summed E-state index contributed by atoms with van der Waals surface area (Å²) < 4.78 is 19.0. The number of rotatable bonds is 9. The highest BCUT2D eigenvalue weighted by Crippen LogP contribution is 2.22. The standard InChI is InChI=1S/C16H27FN2O/c1-5-13(3)19(7-8-20-4)16-10-14(12-18-6-2)9-15(17)11-16/h9-11,13,18H,5-8,12H2,1-4H3. The van der Waals surface area contributed by atoms with Crippen molar-refractivity contribution >= 4 is 5.69 Å². The fraction of sp³-hybridized carbons (Fsp3) is 0.625. The van der Waals surface area contributed by atoms with Gasteiger partial charge in [0.2, 0.25) is 0 Å². The van der Waals surface area contributed by atoms with Crippen LogP contribution in [0.25, 0.3) is 0 Å². The molecule has 0 aromatic heterocycles. The highest BCUT2D eigenvalue weighted by Gasteiger charge is 2.14. The first-order chi connectivity index (χ1) is 9.62. The Morgan fingerprint density at radius 1 is 1.30 bits per heavy atom. The van der Waals surface area contributed by atoms with Crippen molar-refractivity contribution in [1.82, 2.24) is 5.32 Å². The molecule has 0 spiro atoms. The van der Waals surface area contributed by atoms with Gasteiger partial charge in [-0.05, 0) is 43.7 Å². The molecule has 0 saturated carbocycles. The second-order valence-electron chi connectivity index (χ2n) is 5.04. The van der Waals surface area contributed by atoms with Crippen LogP contribution in [0.15, 0.2) is 18.2 Å². The van der Waals surface area contributed by atoms with Crippen LogP contribution in [-0.4, -0.2) is 32.8 Å². The number of hydrogen-bond acceptors (Lipinski definition) is 3. The Hall–Kier alpha value is -1.13. The monoisotopic (exact) mass is 282 g/mol. The molecule has 4 heteroatoms. The lowest BCUT2D eigenvalue weighted by Gasteiger charge is -2.31. The van der Waals surface area contributed by atoms with Crippen molar-refractivity contribution in [3.05, 3.63) is 29.6 Å². The van der Waals surface area contributed by atoms with Gasteiger partial charge in [-0.15, -0.1) is 0 Å². The van der Waals surface area contributed by atoms with E-state index in [-0.39, 0.29) is 5.82 Å². The van der Waals surface area contributed by atoms with Crippen molar-refractivity contribution in [3.8, 4) is 0 Å². The first-order valence-corrected chi connectivity index (χ1v) is 7.38. The summed E-state index contributed by atoms with van der Waals surface area (Å²) in [6.45, 7) is 9.33. The van der Waals surface area contributed by atoms with E-state index in [4.69, 9.17) is 4.74 Å². The predicted molar refractivity (Wildman–Crippen MR) is 82.8 cm³/mol. The molecule has 0 radical (unpaired) electrons. The Morgan fingerprint density at radius 3 is 2.65 bits per heavy atom. The predicted octanol–water partition coefficient (Wildman–Crippen LogP) is 3.19. The number of anilines is 1. The molecule has 0 aliphatic carbocycles. The van der Waals surface area contributed by atoms with E-state index < -0.39 is 0 Å². The van der Waals surface area contributed by atoms with E-state index in [0.717, 1.165) is 30.8 Å². The molecule has 0 aliphatic rings. The van der Waals surface area contributed by atoms with Crippen LogP contribution in [-0.2, 0) is 11.3 Å². The fourth-order valence-corrected chi connectivity index (χ4v) is 2.18. The van der Waals surface area contributed by atoms with Crippen molar-refractivity contribution < 1.29 is 9.13 Å². The average molecular weight is 282 g/mol. The Balaban J connectivity index is 2.95. The molecule has 1 atom stereocenters. The van der Waals surface area contributed by atoms with Crippen molar-refractivity contribution in [2.24, 2.45) is 0 Å². The molecule has 1 N–H and O–H groups in total. The molecular weight excluding hydrogens is 255 g/mol. The van der Waals surface area contributed by atoms with Gasteiger partial charge in [-0.1, -0.05) is 13.8 Å². The van der Waals surface area contributed by atoms with Gasteiger partial charge in [0.05, 0.1) is 6.61 Å². The highest BCUT2D eigenvalue weighted by atomic mass is 19.1. The average Bonchev–Trinajstić information content (AvgIpc) is 2.44. The Morgan fingerprint density at radius 2 is 2.05 bits per heavy atom. The van der Waals surface area contributed by atoms with E-state index in [2.05, 4.69) is 30.1 Å². The van der Waals surface area contributed by atoms with E-state index in [0.29, 0.717) is 19.2 Å². The van der Waals surface area contributed by atoms with Crippen LogP contribution in [0.3, 0.4) is 0 Å². The summed E-state index contributed by atoms with van der Waals surface area (Å²) in [7, 11) is 1.69. The Kier molecular flexibility index (Phi) is 7.55. The molecule has 0 heterocycles. The smallest absolute Gasteiger partial charge is 0.125 e. The zero-order valence-corrected chi connectivity index (χ0v) is 13.1. The molecule has 1 unspecified atom stereocenters. The summed E-state index contributed by atoms with van der Waals surface area (Å²) in [6.07, 6.45) is 1.02. The molecular formula is C16H27FN2O. The first-order valence-electron chi connectivity index (χ1n) is 7.38. The third kappa shape index (κ3) is 5.10. The molecule has 0 bridgehead atoms. The maximum absolute atomic E-state index is 13.8. The van der Waals surface area contributed by atoms with Crippen molar-refractivity contribution in [3.63, 3.8) is 0 Å². The highest BCUT2D eigenvalue weighted by molar-refractivity contribution is 5.50. The fourth-order valence-electron chi connectivity index (χ4n) is 2.18. The maximum Gasteiger partial charge on any atom is 0.125 e. The van der Waals surface area contributed by atoms with Gasteiger partial charge in [-0.25, -0.2) is 4.39 Å². The van der Waals surface area contributed by atoms with Crippen LogP contribution < -0.4 is 10.2 Å². The molecule has 1 rings (SSSR count). The summed E-state index contributed by atoms with van der Waals surface area (Å²) in [4.78, 5) is 2.21. The van der Waals surface area contributed by atoms with E-state index in [1.54, 1.807) is 19.2 Å². The van der Waals surface area contributed by atoms with Crippen LogP contribution in [0, 0.1) is 5.82 Å². The van der Waals surface area contributed by atoms with Gasteiger partial charge >= 0.3 is 0 Å². The zero-order valence-electron chi connectivity index (χ0n) is 13.1. The van der Waals surface area contributed by atoms with E-state index in [1.807, 2.05) is 6.92 Å². The summed E-state index contributed by atoms with van der Waals surface area (Å²) in [6, 6.07) is 5.63. The summed E-state index contributed by atoms with van der Waals surface area (Å²) in [5.74, 6) is -0.180. The van der Waals surface area contributed by atoms with Crippen molar-refractivity contribution in [1.29, 1.82) is 0 Å². The number of nitrogens with one attached hydrogen (secondary N) is 1. The minimum Gasteiger partial charge on any atom is -0.383 e.